The normalized spacial score (nSPS) is 19.9. The summed E-state index contributed by atoms with van der Waals surface area (Å²) in [5.41, 5.74) is 6.92. The smallest absolute Gasteiger partial charge is 0.321 e. The summed E-state index contributed by atoms with van der Waals surface area (Å²) in [5, 5.41) is 8.17. The number of aryl methyl sites for hydroxylation is 1. The monoisotopic (exact) mass is 308 g/mol. The Balaban J connectivity index is 2.08. The summed E-state index contributed by atoms with van der Waals surface area (Å²) in [5.74, 6) is -1.60. The van der Waals surface area contributed by atoms with E-state index >= 15 is 0 Å². The van der Waals surface area contributed by atoms with Crippen LogP contribution in [0.1, 0.15) is 12.0 Å². The first-order chi connectivity index (χ1) is 9.90. The van der Waals surface area contributed by atoms with E-state index in [4.69, 9.17) is 10.8 Å². The van der Waals surface area contributed by atoms with Gasteiger partial charge in [0.25, 0.3) is 0 Å². The molecule has 2 atom stereocenters. The van der Waals surface area contributed by atoms with Crippen molar-refractivity contribution in [1.82, 2.24) is 0 Å². The number of nitrogens with two attached hydrogens (primary N) is 1. The zero-order chi connectivity index (χ0) is 15.6. The Morgan fingerprint density at radius 3 is 2.86 bits per heavy atom. The topological polar surface area (TPSA) is 101 Å². The van der Waals surface area contributed by atoms with Gasteiger partial charge in [0.1, 0.15) is 6.04 Å². The molecule has 1 fully saturated rings. The molecule has 0 bridgehead atoms. The van der Waals surface area contributed by atoms with E-state index in [0.717, 1.165) is 22.2 Å². The van der Waals surface area contributed by atoms with Crippen LogP contribution in [-0.2, 0) is 14.4 Å². The number of benzene rings is 1. The molecule has 6 nitrogen and oxygen atoms in total. The van der Waals surface area contributed by atoms with Crippen LogP contribution in [0.2, 0.25) is 0 Å². The fourth-order valence-corrected chi connectivity index (χ4v) is 3.15. The molecule has 1 aliphatic rings. The van der Waals surface area contributed by atoms with Crippen LogP contribution in [0.3, 0.4) is 0 Å². The highest BCUT2D eigenvalue weighted by Crippen LogP contribution is 2.30. The molecule has 2 rings (SSSR count). The number of carboxylic acid groups (broad SMARTS) is 1. The van der Waals surface area contributed by atoms with Gasteiger partial charge in [0.15, 0.2) is 0 Å². The van der Waals surface area contributed by atoms with Crippen LogP contribution in [-0.4, -0.2) is 39.9 Å². The highest BCUT2D eigenvalue weighted by Gasteiger charge is 2.40. The molecule has 1 aromatic carbocycles. The minimum atomic E-state index is -1.12. The third-order valence-electron chi connectivity index (χ3n) is 3.16. The molecule has 0 spiro atoms. The number of thioether (sulfide) groups is 1. The number of aliphatic carboxylic acids is 1. The molecule has 0 unspecified atom stereocenters. The van der Waals surface area contributed by atoms with Gasteiger partial charge in [-0.1, -0.05) is 12.1 Å². The molecule has 0 aliphatic carbocycles. The predicted molar refractivity (Wildman–Crippen MR) is 80.1 cm³/mol. The summed E-state index contributed by atoms with van der Waals surface area (Å²) in [6.45, 7) is 1.88. The van der Waals surface area contributed by atoms with Crippen LogP contribution in [0, 0.1) is 6.92 Å². The zero-order valence-corrected chi connectivity index (χ0v) is 12.3. The van der Waals surface area contributed by atoms with Crippen molar-refractivity contribution in [1.29, 1.82) is 0 Å². The van der Waals surface area contributed by atoms with E-state index in [1.54, 1.807) is 18.2 Å². The van der Waals surface area contributed by atoms with Crippen molar-refractivity contribution < 1.29 is 19.5 Å². The summed E-state index contributed by atoms with van der Waals surface area (Å²) >= 11 is 1.12. The first-order valence-corrected chi connectivity index (χ1v) is 7.48. The minimum absolute atomic E-state index is 0.0732. The van der Waals surface area contributed by atoms with Gasteiger partial charge >= 0.3 is 5.97 Å². The molecule has 0 aromatic heterocycles. The Kier molecular flexibility index (Phi) is 4.64. The lowest BCUT2D eigenvalue weighted by atomic mass is 10.2. The second kappa shape index (κ2) is 6.28. The quantitative estimate of drug-likeness (QED) is 0.779. The van der Waals surface area contributed by atoms with E-state index < -0.39 is 17.3 Å². The Hall–Kier alpha value is -1.86. The molecular formula is C14H16N2O4S. The van der Waals surface area contributed by atoms with Crippen LogP contribution >= 0.6 is 11.8 Å². The van der Waals surface area contributed by atoms with Gasteiger partial charge in [-0.3, -0.25) is 14.4 Å². The van der Waals surface area contributed by atoms with Gasteiger partial charge in [0.05, 0.1) is 10.9 Å². The molecular weight excluding hydrogens is 292 g/mol. The lowest BCUT2D eigenvalue weighted by molar-refractivity contribution is -0.138. The molecule has 1 aliphatic heterocycles. The average molecular weight is 308 g/mol. The number of carboxylic acids is 1. The summed E-state index contributed by atoms with van der Waals surface area (Å²) in [6.07, 6.45) is 0.0732. The highest BCUT2D eigenvalue weighted by atomic mass is 32.2. The van der Waals surface area contributed by atoms with E-state index in [1.807, 2.05) is 13.0 Å². The van der Waals surface area contributed by atoms with Crippen LogP contribution in [0.4, 0.5) is 5.69 Å². The molecule has 7 heteroatoms. The fraction of sp³-hybridized carbons (Fsp3) is 0.357. The second-order valence-corrected chi connectivity index (χ2v) is 6.11. The van der Waals surface area contributed by atoms with Crippen molar-refractivity contribution >= 4 is 35.2 Å². The van der Waals surface area contributed by atoms with E-state index in [0.29, 0.717) is 5.69 Å². The van der Waals surface area contributed by atoms with E-state index in [9.17, 15) is 14.4 Å². The number of hydrogen-bond donors (Lipinski definition) is 2. The molecule has 21 heavy (non-hydrogen) atoms. The van der Waals surface area contributed by atoms with Crippen molar-refractivity contribution in [3.8, 4) is 0 Å². The predicted octanol–water partition coefficient (Wildman–Crippen LogP) is 0.772. The number of rotatable bonds is 5. The number of carbonyl (C=O) groups excluding carboxylic acids is 2. The maximum Gasteiger partial charge on any atom is 0.321 e. The number of carbonyl (C=O) groups is 3. The highest BCUT2D eigenvalue weighted by molar-refractivity contribution is 8.00. The molecule has 1 saturated heterocycles. The van der Waals surface area contributed by atoms with Crippen molar-refractivity contribution in [3.05, 3.63) is 29.8 Å². The van der Waals surface area contributed by atoms with Gasteiger partial charge in [-0.05, 0) is 24.6 Å². The first kappa shape index (κ1) is 15.5. The fourth-order valence-electron chi connectivity index (χ4n) is 2.06. The van der Waals surface area contributed by atoms with Crippen LogP contribution in [0.15, 0.2) is 24.3 Å². The SMILES string of the molecule is Cc1cccc(N2C(=O)C[C@H](SC[C@H](N)C(=O)O)C2=O)c1. The van der Waals surface area contributed by atoms with Crippen LogP contribution in [0.25, 0.3) is 0 Å². The van der Waals surface area contributed by atoms with Gasteiger partial charge in [0.2, 0.25) is 11.8 Å². The second-order valence-electron chi connectivity index (χ2n) is 4.88. The van der Waals surface area contributed by atoms with Gasteiger partial charge in [-0.2, -0.15) is 0 Å². The molecule has 0 saturated carbocycles. The Bertz CT molecular complexity index is 590. The average Bonchev–Trinajstić information content (AvgIpc) is 2.70. The molecule has 3 N–H and O–H groups in total. The number of imide groups is 1. The molecule has 112 valence electrons. The van der Waals surface area contributed by atoms with Gasteiger partial charge in [-0.15, -0.1) is 11.8 Å². The Morgan fingerprint density at radius 1 is 1.52 bits per heavy atom. The maximum atomic E-state index is 12.3. The lowest BCUT2D eigenvalue weighted by Crippen LogP contribution is -2.35. The summed E-state index contributed by atoms with van der Waals surface area (Å²) in [7, 11) is 0. The first-order valence-electron chi connectivity index (χ1n) is 6.43. The van der Waals surface area contributed by atoms with Crippen molar-refractivity contribution in [2.75, 3.05) is 10.7 Å². The van der Waals surface area contributed by atoms with Gasteiger partial charge in [-0.25, -0.2) is 4.90 Å². The molecule has 1 heterocycles. The van der Waals surface area contributed by atoms with Crippen molar-refractivity contribution in [3.63, 3.8) is 0 Å². The third-order valence-corrected chi connectivity index (χ3v) is 4.48. The van der Waals surface area contributed by atoms with Gasteiger partial charge in [0, 0.05) is 12.2 Å². The Morgan fingerprint density at radius 2 is 2.24 bits per heavy atom. The maximum absolute atomic E-state index is 12.3. The largest absolute Gasteiger partial charge is 0.480 e. The van der Waals surface area contributed by atoms with Gasteiger partial charge < -0.3 is 10.8 Å². The number of nitrogens with zero attached hydrogens (tertiary/aromatic N) is 1. The Labute approximate surface area is 126 Å². The molecule has 2 amide bonds. The van der Waals surface area contributed by atoms with Crippen LogP contribution in [0.5, 0.6) is 0 Å². The standard InChI is InChI=1S/C14H16N2O4S/c1-8-3-2-4-9(5-8)16-12(17)6-11(13(16)18)21-7-10(15)14(19)20/h2-5,10-11H,6-7,15H2,1H3,(H,19,20)/t10-,11-/m0/s1. The van der Waals surface area contributed by atoms with E-state index in [2.05, 4.69) is 0 Å². The third kappa shape index (κ3) is 3.43. The van der Waals surface area contributed by atoms with Crippen LogP contribution < -0.4 is 10.6 Å². The minimum Gasteiger partial charge on any atom is -0.480 e. The number of anilines is 1. The van der Waals surface area contributed by atoms with E-state index in [1.165, 1.54) is 0 Å². The number of amides is 2. The molecule has 1 aromatic rings. The number of hydrogen-bond acceptors (Lipinski definition) is 5. The summed E-state index contributed by atoms with van der Waals surface area (Å²) < 4.78 is 0. The summed E-state index contributed by atoms with van der Waals surface area (Å²) in [6, 6.07) is 6.11. The van der Waals surface area contributed by atoms with Crippen molar-refractivity contribution in [2.45, 2.75) is 24.6 Å². The van der Waals surface area contributed by atoms with Crippen molar-refractivity contribution in [2.24, 2.45) is 5.73 Å². The lowest BCUT2D eigenvalue weighted by Gasteiger charge is -2.15. The summed E-state index contributed by atoms with van der Waals surface area (Å²) in [4.78, 5) is 36.2. The molecule has 0 radical (unpaired) electrons. The zero-order valence-electron chi connectivity index (χ0n) is 11.5. The van der Waals surface area contributed by atoms with E-state index in [-0.39, 0.29) is 24.0 Å².